The summed E-state index contributed by atoms with van der Waals surface area (Å²) in [6, 6.07) is 29.8. The lowest BCUT2D eigenvalue weighted by Crippen LogP contribution is -2.60. The summed E-state index contributed by atoms with van der Waals surface area (Å²) in [5.41, 5.74) is 15.4. The van der Waals surface area contributed by atoms with Gasteiger partial charge in [-0.15, -0.1) is 0 Å². The number of fused-ring (bicyclic) bond motifs is 5. The first-order valence-corrected chi connectivity index (χ1v) is 20.7. The Balaban J connectivity index is 1.30. The molecule has 4 aromatic carbocycles. The fourth-order valence-electron chi connectivity index (χ4n) is 10.1. The molecular formula is C51H61BN2O. The van der Waals surface area contributed by atoms with E-state index in [1.807, 2.05) is 0 Å². The molecule has 0 bridgehead atoms. The van der Waals surface area contributed by atoms with Gasteiger partial charge in [-0.25, -0.2) is 0 Å². The number of nitrogens with zero attached hydrogens (tertiary/aromatic N) is 2. The van der Waals surface area contributed by atoms with Crippen LogP contribution in [0, 0.1) is 0 Å². The third-order valence-electron chi connectivity index (χ3n) is 13.7. The summed E-state index contributed by atoms with van der Waals surface area (Å²) in [6.45, 7) is 32.8. The van der Waals surface area contributed by atoms with Crippen molar-refractivity contribution in [2.45, 2.75) is 136 Å². The molecule has 0 saturated heterocycles. The summed E-state index contributed by atoms with van der Waals surface area (Å²) in [7, 11) is 0. The summed E-state index contributed by atoms with van der Waals surface area (Å²) in [5.74, 6) is 1.81. The second-order valence-electron chi connectivity index (χ2n) is 20.3. The molecule has 1 saturated carbocycles. The van der Waals surface area contributed by atoms with Gasteiger partial charge in [0.05, 0.1) is 5.54 Å². The van der Waals surface area contributed by atoms with Crippen LogP contribution in [0.15, 0.2) is 115 Å². The highest BCUT2D eigenvalue weighted by Crippen LogP contribution is 2.62. The Morgan fingerprint density at radius 1 is 0.764 bits per heavy atom. The molecule has 2 atom stereocenters. The third-order valence-corrected chi connectivity index (χ3v) is 13.7. The summed E-state index contributed by atoms with van der Waals surface area (Å²) < 4.78 is 7.10. The Morgan fingerprint density at radius 2 is 1.33 bits per heavy atom. The Morgan fingerprint density at radius 3 is 1.87 bits per heavy atom. The van der Waals surface area contributed by atoms with Crippen LogP contribution >= 0.6 is 0 Å². The lowest BCUT2D eigenvalue weighted by Gasteiger charge is -2.52. The Hall–Kier alpha value is -4.44. The molecule has 0 amide bonds. The van der Waals surface area contributed by atoms with E-state index in [4.69, 9.17) is 11.3 Å². The van der Waals surface area contributed by atoms with Gasteiger partial charge in [-0.2, -0.15) is 0 Å². The predicted molar refractivity (Wildman–Crippen MR) is 237 cm³/mol. The van der Waals surface area contributed by atoms with Crippen LogP contribution in [0.3, 0.4) is 0 Å². The number of ether oxygens (including phenoxy) is 1. The molecule has 1 aliphatic carbocycles. The van der Waals surface area contributed by atoms with Crippen LogP contribution in [0.4, 0.5) is 22.7 Å². The average molecular weight is 729 g/mol. The van der Waals surface area contributed by atoms with Gasteiger partial charge < -0.3 is 14.5 Å². The number of anilines is 4. The zero-order valence-corrected chi connectivity index (χ0v) is 35.6. The first kappa shape index (κ1) is 37.5. The van der Waals surface area contributed by atoms with Crippen LogP contribution in [-0.2, 0) is 21.7 Å². The number of benzene rings is 4. The van der Waals surface area contributed by atoms with Crippen molar-refractivity contribution in [2.75, 3.05) is 9.80 Å². The highest BCUT2D eigenvalue weighted by Gasteiger charge is 2.61. The minimum absolute atomic E-state index is 0.00892. The molecule has 3 aliphatic heterocycles. The maximum Gasteiger partial charge on any atom is 0.255 e. The largest absolute Gasteiger partial charge is 0.458 e. The molecule has 0 spiro atoms. The van der Waals surface area contributed by atoms with E-state index in [9.17, 15) is 0 Å². The van der Waals surface area contributed by atoms with Gasteiger partial charge in [0.2, 0.25) is 0 Å². The van der Waals surface area contributed by atoms with Gasteiger partial charge in [0, 0.05) is 39.9 Å². The van der Waals surface area contributed by atoms with Crippen LogP contribution in [0.2, 0.25) is 0 Å². The van der Waals surface area contributed by atoms with Crippen molar-refractivity contribution in [3.8, 4) is 5.75 Å². The average Bonchev–Trinajstić information content (AvgIpc) is 3.33. The number of rotatable bonds is 4. The van der Waals surface area contributed by atoms with Gasteiger partial charge in [-0.1, -0.05) is 137 Å². The first-order chi connectivity index (χ1) is 25.8. The lowest BCUT2D eigenvalue weighted by molar-refractivity contribution is 0.195. The van der Waals surface area contributed by atoms with Crippen LogP contribution in [0.25, 0.3) is 0 Å². The molecule has 1 fully saturated rings. The predicted octanol–water partition coefficient (Wildman–Crippen LogP) is 12.4. The summed E-state index contributed by atoms with van der Waals surface area (Å²) >= 11 is 0. The quantitative estimate of drug-likeness (QED) is 0.195. The van der Waals surface area contributed by atoms with Crippen molar-refractivity contribution in [3.05, 3.63) is 137 Å². The molecular weight excluding hydrogens is 667 g/mol. The minimum Gasteiger partial charge on any atom is -0.458 e. The van der Waals surface area contributed by atoms with Crippen molar-refractivity contribution >= 4 is 40.4 Å². The Bertz CT molecular complexity index is 2200. The van der Waals surface area contributed by atoms with Gasteiger partial charge in [0.1, 0.15) is 11.5 Å². The van der Waals surface area contributed by atoms with E-state index in [-0.39, 0.29) is 33.9 Å². The molecule has 4 heteroatoms. The SMILES string of the molecule is C=C(/C=C1/Oc2cccc3c2B(/C1=C/C)c1cc(C(C)(C)C)cc2c1N3C1(C)CCCCC21C)N(c1ccc(C(C)(C)C)cc1)c1ccc(C(C)(C)C)cc1. The molecule has 0 radical (unpaired) electrons. The fraction of sp³-hybridized carbons (Fsp3) is 0.412. The zero-order chi connectivity index (χ0) is 39.5. The molecule has 2 unspecified atom stereocenters. The van der Waals surface area contributed by atoms with Crippen molar-refractivity contribution < 1.29 is 4.74 Å². The first-order valence-electron chi connectivity index (χ1n) is 20.7. The van der Waals surface area contributed by atoms with E-state index in [2.05, 4.69) is 184 Å². The summed E-state index contributed by atoms with van der Waals surface area (Å²) in [5, 5.41) is 0. The van der Waals surface area contributed by atoms with E-state index in [0.717, 1.165) is 28.6 Å². The number of allylic oxidation sites excluding steroid dienone is 3. The third kappa shape index (κ3) is 5.76. The molecule has 55 heavy (non-hydrogen) atoms. The molecule has 0 aromatic heterocycles. The highest BCUT2D eigenvalue weighted by molar-refractivity contribution is 6.95. The summed E-state index contributed by atoms with van der Waals surface area (Å²) in [6.07, 6.45) is 9.40. The Kier molecular flexibility index (Phi) is 8.54. The molecule has 8 rings (SSSR count). The standard InChI is InChI=1S/C51H61BN2O/c1-14-40-44(30-33(2)53(37-24-20-34(21-25-37)47(3,4)5)38-26-22-35(23-27-38)48(6,7)8)55-43-19-17-18-42-45(43)52(40)41-32-36(49(9,10)11)31-39-46(41)54(42)51(13)29-16-15-28-50(39,51)12/h14,17-27,30-32H,2,15-16,28-29H2,1,3-13H3/b40-14+,44-30+. The molecule has 4 aromatic rings. The van der Waals surface area contributed by atoms with E-state index < -0.39 is 0 Å². The van der Waals surface area contributed by atoms with Gasteiger partial charge in [-0.05, 0) is 118 Å². The summed E-state index contributed by atoms with van der Waals surface area (Å²) in [4.78, 5) is 5.04. The van der Waals surface area contributed by atoms with Crippen molar-refractivity contribution in [3.63, 3.8) is 0 Å². The highest BCUT2D eigenvalue weighted by atomic mass is 16.5. The van der Waals surface area contributed by atoms with Crippen LogP contribution in [0.5, 0.6) is 5.75 Å². The van der Waals surface area contributed by atoms with Crippen LogP contribution in [0.1, 0.15) is 131 Å². The molecule has 284 valence electrons. The molecule has 3 heterocycles. The van der Waals surface area contributed by atoms with Crippen LogP contribution < -0.4 is 25.5 Å². The smallest absolute Gasteiger partial charge is 0.255 e. The lowest BCUT2D eigenvalue weighted by atomic mass is 9.33. The minimum atomic E-state index is -0.00892. The molecule has 4 aliphatic rings. The van der Waals surface area contributed by atoms with E-state index in [1.54, 1.807) is 0 Å². The monoisotopic (exact) mass is 728 g/mol. The fourth-order valence-corrected chi connectivity index (χ4v) is 10.1. The van der Waals surface area contributed by atoms with Gasteiger partial charge in [0.25, 0.3) is 6.71 Å². The normalized spacial score (nSPS) is 23.0. The Labute approximate surface area is 332 Å². The number of hydrogen-bond acceptors (Lipinski definition) is 3. The van der Waals surface area contributed by atoms with E-state index in [1.165, 1.54) is 75.7 Å². The zero-order valence-electron chi connectivity index (χ0n) is 35.6. The van der Waals surface area contributed by atoms with Gasteiger partial charge in [0.15, 0.2) is 0 Å². The maximum atomic E-state index is 7.10. The number of hydrogen-bond donors (Lipinski definition) is 0. The van der Waals surface area contributed by atoms with Crippen LogP contribution in [-0.4, -0.2) is 12.3 Å². The second-order valence-corrected chi connectivity index (χ2v) is 20.3. The van der Waals surface area contributed by atoms with Gasteiger partial charge in [-0.3, -0.25) is 0 Å². The second kappa shape index (κ2) is 12.5. The van der Waals surface area contributed by atoms with Crippen molar-refractivity contribution in [1.82, 2.24) is 0 Å². The van der Waals surface area contributed by atoms with Crippen molar-refractivity contribution in [1.29, 1.82) is 0 Å². The molecule has 0 N–H and O–H groups in total. The van der Waals surface area contributed by atoms with E-state index >= 15 is 0 Å². The maximum absolute atomic E-state index is 7.10. The topological polar surface area (TPSA) is 15.7 Å². The molecule has 3 nitrogen and oxygen atoms in total. The van der Waals surface area contributed by atoms with Gasteiger partial charge >= 0.3 is 0 Å². The van der Waals surface area contributed by atoms with E-state index in [0.29, 0.717) is 0 Å². The van der Waals surface area contributed by atoms with Crippen molar-refractivity contribution in [2.24, 2.45) is 0 Å².